The fourth-order valence-electron chi connectivity index (χ4n) is 4.53. The van der Waals surface area contributed by atoms with Crippen molar-refractivity contribution in [1.29, 1.82) is 0 Å². The summed E-state index contributed by atoms with van der Waals surface area (Å²) < 4.78 is 1.94. The highest BCUT2D eigenvalue weighted by Gasteiger charge is 2.32. The molecule has 9 heteroatoms. The van der Waals surface area contributed by atoms with Gasteiger partial charge in [-0.25, -0.2) is 0 Å². The van der Waals surface area contributed by atoms with Gasteiger partial charge in [-0.3, -0.25) is 19.1 Å². The first-order chi connectivity index (χ1) is 17.8. The Morgan fingerprint density at radius 1 is 1.03 bits per heavy atom. The Morgan fingerprint density at radius 3 is 2.46 bits per heavy atom. The van der Waals surface area contributed by atoms with Crippen molar-refractivity contribution in [3.8, 4) is 5.00 Å². The van der Waals surface area contributed by atoms with Crippen LogP contribution < -0.4 is 5.32 Å². The highest BCUT2D eigenvalue weighted by Crippen LogP contribution is 2.39. The van der Waals surface area contributed by atoms with Crippen LogP contribution in [0.15, 0.2) is 59.6 Å². The highest BCUT2D eigenvalue weighted by atomic mass is 32.1. The number of carboxylic acid groups (broad SMARTS) is 1. The maximum absolute atomic E-state index is 12.5. The molecule has 1 amide bonds. The van der Waals surface area contributed by atoms with Gasteiger partial charge in [-0.05, 0) is 50.5 Å². The first-order valence-corrected chi connectivity index (χ1v) is 12.9. The zero-order chi connectivity index (χ0) is 26.1. The molecule has 0 aliphatic carbocycles. The predicted octanol–water partition coefficient (Wildman–Crippen LogP) is 5.19. The van der Waals surface area contributed by atoms with Gasteiger partial charge < -0.3 is 10.4 Å². The zero-order valence-electron chi connectivity index (χ0n) is 20.9. The number of aliphatic imine (C=N–C) groups is 1. The maximum atomic E-state index is 12.5. The van der Waals surface area contributed by atoms with E-state index < -0.39 is 12.0 Å². The summed E-state index contributed by atoms with van der Waals surface area (Å²) >= 11 is 1.62. The van der Waals surface area contributed by atoms with E-state index in [1.807, 2.05) is 66.1 Å². The number of carbonyl (C=O) groups excluding carboxylic acids is 1. The average molecular weight is 514 g/mol. The van der Waals surface area contributed by atoms with Crippen LogP contribution in [0.1, 0.15) is 57.7 Å². The monoisotopic (exact) mass is 513 g/mol. The molecule has 0 saturated carbocycles. The lowest BCUT2D eigenvalue weighted by Crippen LogP contribution is -2.13. The van der Waals surface area contributed by atoms with Crippen molar-refractivity contribution in [1.82, 2.24) is 14.8 Å². The molecule has 0 spiro atoms. The number of aromatic nitrogens is 3. The van der Waals surface area contributed by atoms with Crippen molar-refractivity contribution >= 4 is 34.6 Å². The summed E-state index contributed by atoms with van der Waals surface area (Å²) in [5.41, 5.74) is 5.43. The van der Waals surface area contributed by atoms with E-state index in [1.54, 1.807) is 11.3 Å². The minimum Gasteiger partial charge on any atom is -0.481 e. The second-order valence-electron chi connectivity index (χ2n) is 9.11. The van der Waals surface area contributed by atoms with Crippen molar-refractivity contribution in [2.75, 3.05) is 5.32 Å². The fraction of sp³-hybridized carbons (Fsp3) is 0.250. The number of fused-ring (bicyclic) bond motifs is 3. The predicted molar refractivity (Wildman–Crippen MR) is 144 cm³/mol. The third-order valence-corrected chi connectivity index (χ3v) is 7.73. The minimum absolute atomic E-state index is 0.0510. The molecule has 0 bridgehead atoms. The van der Waals surface area contributed by atoms with Gasteiger partial charge in [0.05, 0.1) is 12.1 Å². The lowest BCUT2D eigenvalue weighted by atomic mass is 9.99. The Balaban J connectivity index is 1.45. The molecule has 5 rings (SSSR count). The van der Waals surface area contributed by atoms with Gasteiger partial charge in [0.2, 0.25) is 5.91 Å². The SMILES string of the molecule is Cc1sc2c(c1C)C(c1ccc(NC(=O)CCc3ccccc3)cc1)=N[C@@H](CC(=O)O)c1nnc(C)n1-2. The van der Waals surface area contributed by atoms with Crippen LogP contribution in [0.25, 0.3) is 5.00 Å². The standard InChI is InChI=1S/C28H27N5O3S/c1-16-17(2)37-28-25(16)26(30-22(15-24(35)36)27-32-31-18(3)33(27)28)20-10-12-21(13-11-20)29-23(34)14-9-19-7-5-4-6-8-19/h4-8,10-13,22H,9,14-15H2,1-3H3,(H,29,34)(H,35,36)/t22-/m0/s1. The molecular formula is C28H27N5O3S. The normalized spacial score (nSPS) is 14.4. The molecule has 188 valence electrons. The van der Waals surface area contributed by atoms with Crippen molar-refractivity contribution < 1.29 is 14.7 Å². The molecule has 2 N–H and O–H groups in total. The van der Waals surface area contributed by atoms with Crippen molar-refractivity contribution in [2.45, 2.75) is 46.1 Å². The van der Waals surface area contributed by atoms with E-state index >= 15 is 0 Å². The molecular weight excluding hydrogens is 486 g/mol. The number of amides is 1. The van der Waals surface area contributed by atoms with Gasteiger partial charge in [0.25, 0.3) is 0 Å². The summed E-state index contributed by atoms with van der Waals surface area (Å²) in [7, 11) is 0. The number of benzene rings is 2. The van der Waals surface area contributed by atoms with Gasteiger partial charge in [-0.2, -0.15) is 0 Å². The molecule has 8 nitrogen and oxygen atoms in total. The summed E-state index contributed by atoms with van der Waals surface area (Å²) in [6.45, 7) is 5.98. The number of hydrogen-bond donors (Lipinski definition) is 2. The summed E-state index contributed by atoms with van der Waals surface area (Å²) in [6.07, 6.45) is 0.879. The average Bonchev–Trinajstić information content (AvgIpc) is 3.36. The molecule has 4 aromatic rings. The Hall–Kier alpha value is -4.11. The first kappa shape index (κ1) is 24.6. The Kier molecular flexibility index (Phi) is 6.71. The van der Waals surface area contributed by atoms with Gasteiger partial charge >= 0.3 is 5.97 Å². The topological polar surface area (TPSA) is 109 Å². The summed E-state index contributed by atoms with van der Waals surface area (Å²) in [5, 5.41) is 22.0. The van der Waals surface area contributed by atoms with Crippen molar-refractivity contribution in [3.63, 3.8) is 0 Å². The van der Waals surface area contributed by atoms with Crippen LogP contribution in [0.4, 0.5) is 5.69 Å². The second-order valence-corrected chi connectivity index (χ2v) is 10.3. The van der Waals surface area contributed by atoms with Crippen LogP contribution in [0.2, 0.25) is 0 Å². The van der Waals surface area contributed by atoms with Crippen LogP contribution >= 0.6 is 11.3 Å². The van der Waals surface area contributed by atoms with Crippen molar-refractivity contribution in [2.24, 2.45) is 4.99 Å². The Bertz CT molecular complexity index is 1500. The number of carboxylic acids is 1. The van der Waals surface area contributed by atoms with Crippen LogP contribution in [0, 0.1) is 20.8 Å². The molecule has 2 aromatic carbocycles. The minimum atomic E-state index is -0.952. The molecule has 0 unspecified atom stereocenters. The number of rotatable bonds is 7. The molecule has 37 heavy (non-hydrogen) atoms. The van der Waals surface area contributed by atoms with Gasteiger partial charge in [-0.15, -0.1) is 21.5 Å². The van der Waals surface area contributed by atoms with E-state index in [4.69, 9.17) is 4.99 Å². The Morgan fingerprint density at radius 2 is 1.76 bits per heavy atom. The number of nitrogens with zero attached hydrogens (tertiary/aromatic N) is 4. The van der Waals surface area contributed by atoms with Gasteiger partial charge in [0.1, 0.15) is 16.9 Å². The van der Waals surface area contributed by atoms with Crippen LogP contribution in [-0.4, -0.2) is 37.5 Å². The maximum Gasteiger partial charge on any atom is 0.306 e. The summed E-state index contributed by atoms with van der Waals surface area (Å²) in [4.78, 5) is 30.3. The molecule has 1 aliphatic heterocycles. The number of hydrogen-bond acceptors (Lipinski definition) is 6. The quantitative estimate of drug-likeness (QED) is 0.353. The third kappa shape index (κ3) is 4.95. The molecule has 3 heterocycles. The van der Waals surface area contributed by atoms with Crippen LogP contribution in [0.3, 0.4) is 0 Å². The molecule has 0 fully saturated rings. The largest absolute Gasteiger partial charge is 0.481 e. The number of aryl methyl sites for hydroxylation is 3. The zero-order valence-corrected chi connectivity index (χ0v) is 21.7. The van der Waals surface area contributed by atoms with E-state index in [1.165, 1.54) is 0 Å². The second kappa shape index (κ2) is 10.1. The number of aliphatic carboxylic acids is 1. The van der Waals surface area contributed by atoms with Gasteiger partial charge in [0.15, 0.2) is 5.82 Å². The van der Waals surface area contributed by atoms with E-state index in [0.29, 0.717) is 30.2 Å². The first-order valence-electron chi connectivity index (χ1n) is 12.1. The summed E-state index contributed by atoms with van der Waals surface area (Å²) in [5.74, 6) is 0.217. The molecule has 2 aromatic heterocycles. The van der Waals surface area contributed by atoms with E-state index in [-0.39, 0.29) is 12.3 Å². The third-order valence-electron chi connectivity index (χ3n) is 6.53. The van der Waals surface area contributed by atoms with E-state index in [2.05, 4.69) is 29.4 Å². The highest BCUT2D eigenvalue weighted by molar-refractivity contribution is 7.15. The molecule has 1 atom stereocenters. The fourth-order valence-corrected chi connectivity index (χ4v) is 5.74. The van der Waals surface area contributed by atoms with Crippen LogP contribution in [-0.2, 0) is 16.0 Å². The van der Waals surface area contributed by atoms with E-state index in [9.17, 15) is 14.7 Å². The number of thiophene rings is 1. The number of anilines is 1. The summed E-state index contributed by atoms with van der Waals surface area (Å²) in [6, 6.07) is 16.8. The van der Waals surface area contributed by atoms with Crippen molar-refractivity contribution in [3.05, 3.63) is 93.4 Å². The number of nitrogens with one attached hydrogen (secondary N) is 1. The van der Waals surface area contributed by atoms with Gasteiger partial charge in [0, 0.05) is 28.1 Å². The van der Waals surface area contributed by atoms with Crippen LogP contribution in [0.5, 0.6) is 0 Å². The smallest absolute Gasteiger partial charge is 0.306 e. The molecule has 1 aliphatic rings. The number of carbonyl (C=O) groups is 2. The molecule has 0 radical (unpaired) electrons. The molecule has 0 saturated heterocycles. The lowest BCUT2D eigenvalue weighted by Gasteiger charge is -2.12. The Labute approximate surface area is 218 Å². The van der Waals surface area contributed by atoms with E-state index in [0.717, 1.165) is 37.8 Å². The lowest BCUT2D eigenvalue weighted by molar-refractivity contribution is -0.137. The van der Waals surface area contributed by atoms with Gasteiger partial charge in [-0.1, -0.05) is 42.5 Å².